The molecule has 3 rings (SSSR count). The molecule has 2 heterocycles. The number of hydrogen-bond donors (Lipinski definition) is 1. The summed E-state index contributed by atoms with van der Waals surface area (Å²) < 4.78 is 14.6. The molecule has 1 amide bonds. The van der Waals surface area contributed by atoms with Crippen LogP contribution in [0.1, 0.15) is 23.0 Å². The minimum Gasteiger partial charge on any atom is -0.481 e. The van der Waals surface area contributed by atoms with Crippen molar-refractivity contribution in [2.45, 2.75) is 13.5 Å². The van der Waals surface area contributed by atoms with Crippen molar-refractivity contribution in [3.63, 3.8) is 0 Å². The first-order chi connectivity index (χ1) is 11.4. The maximum atomic E-state index is 13.2. The smallest absolute Gasteiger partial charge is 0.308 e. The summed E-state index contributed by atoms with van der Waals surface area (Å²) in [4.78, 5) is 25.1. The van der Waals surface area contributed by atoms with E-state index in [-0.39, 0.29) is 29.9 Å². The second-order valence-electron chi connectivity index (χ2n) is 6.06. The molecule has 1 N–H and O–H groups in total. The molecule has 2 aromatic rings. The highest BCUT2D eigenvalue weighted by atomic mass is 19.1. The van der Waals surface area contributed by atoms with Crippen LogP contribution in [-0.4, -0.2) is 50.0 Å². The number of halogens is 1. The summed E-state index contributed by atoms with van der Waals surface area (Å²) in [6.45, 7) is 2.66. The highest BCUT2D eigenvalue weighted by Crippen LogP contribution is 2.24. The van der Waals surface area contributed by atoms with Gasteiger partial charge in [-0.3, -0.25) is 9.59 Å². The number of nitrogens with zero attached hydrogens (tertiary/aromatic N) is 4. The Morgan fingerprint density at radius 2 is 2.17 bits per heavy atom. The molecule has 0 unspecified atom stereocenters. The van der Waals surface area contributed by atoms with Gasteiger partial charge in [-0.2, -0.15) is 0 Å². The van der Waals surface area contributed by atoms with Gasteiger partial charge < -0.3 is 10.0 Å². The predicted octanol–water partition coefficient (Wildman–Crippen LogP) is 1.26. The number of carboxylic acids is 1. The Morgan fingerprint density at radius 1 is 1.38 bits per heavy atom. The highest BCUT2D eigenvalue weighted by Gasteiger charge is 2.37. The lowest BCUT2D eigenvalue weighted by atomic mass is 9.99. The van der Waals surface area contributed by atoms with Crippen LogP contribution in [0.2, 0.25) is 0 Å². The number of likely N-dealkylation sites (tertiary alicyclic amines) is 1. The van der Waals surface area contributed by atoms with E-state index in [1.165, 1.54) is 27.9 Å². The largest absolute Gasteiger partial charge is 0.481 e. The van der Waals surface area contributed by atoms with Crippen LogP contribution in [0, 0.1) is 17.7 Å². The van der Waals surface area contributed by atoms with Crippen LogP contribution >= 0.6 is 0 Å². The molecule has 2 atom stereocenters. The van der Waals surface area contributed by atoms with Gasteiger partial charge in [0.1, 0.15) is 5.82 Å². The molecule has 7 nitrogen and oxygen atoms in total. The van der Waals surface area contributed by atoms with Gasteiger partial charge >= 0.3 is 5.97 Å². The third-order valence-electron chi connectivity index (χ3n) is 4.21. The standard InChI is InChI=1S/C16H17FN4O3/c1-10-6-20(8-13(10)16(23)24)15(22)14-9-21(19-18-14)7-11-3-2-4-12(17)5-11/h2-5,9-10,13H,6-8H2,1H3,(H,23,24)/t10-,13-/m1/s1. The number of rotatable bonds is 4. The molecule has 126 valence electrons. The Kier molecular flexibility index (Phi) is 4.28. The second-order valence-corrected chi connectivity index (χ2v) is 6.06. The van der Waals surface area contributed by atoms with E-state index in [1.54, 1.807) is 12.1 Å². The van der Waals surface area contributed by atoms with Crippen LogP contribution in [0.25, 0.3) is 0 Å². The van der Waals surface area contributed by atoms with Crippen LogP contribution in [0.4, 0.5) is 4.39 Å². The average Bonchev–Trinajstić information content (AvgIpc) is 3.13. The van der Waals surface area contributed by atoms with Gasteiger partial charge in [-0.15, -0.1) is 5.10 Å². The number of hydrogen-bond acceptors (Lipinski definition) is 4. The zero-order chi connectivity index (χ0) is 17.3. The summed E-state index contributed by atoms with van der Waals surface area (Å²) in [6.07, 6.45) is 1.49. The second kappa shape index (κ2) is 6.38. The maximum absolute atomic E-state index is 13.2. The number of carbonyl (C=O) groups is 2. The van der Waals surface area contributed by atoms with Crippen molar-refractivity contribution in [1.29, 1.82) is 0 Å². The number of amides is 1. The lowest BCUT2D eigenvalue weighted by molar-refractivity contribution is -0.142. The van der Waals surface area contributed by atoms with E-state index in [0.717, 1.165) is 0 Å². The van der Waals surface area contributed by atoms with Crippen molar-refractivity contribution < 1.29 is 19.1 Å². The van der Waals surface area contributed by atoms with Crippen molar-refractivity contribution in [2.75, 3.05) is 13.1 Å². The van der Waals surface area contributed by atoms with Gasteiger partial charge in [0, 0.05) is 13.1 Å². The first-order valence-corrected chi connectivity index (χ1v) is 7.60. The van der Waals surface area contributed by atoms with Crippen molar-refractivity contribution in [2.24, 2.45) is 11.8 Å². The quantitative estimate of drug-likeness (QED) is 0.910. The number of benzene rings is 1. The van der Waals surface area contributed by atoms with E-state index in [9.17, 15) is 14.0 Å². The number of aromatic nitrogens is 3. The molecular formula is C16H17FN4O3. The Bertz CT molecular complexity index is 776. The van der Waals surface area contributed by atoms with Crippen molar-refractivity contribution >= 4 is 11.9 Å². The summed E-state index contributed by atoms with van der Waals surface area (Å²) in [5.41, 5.74) is 0.865. The Labute approximate surface area is 137 Å². The fourth-order valence-corrected chi connectivity index (χ4v) is 2.91. The summed E-state index contributed by atoms with van der Waals surface area (Å²) in [5, 5.41) is 16.9. The lowest BCUT2D eigenvalue weighted by Gasteiger charge is -2.13. The van der Waals surface area contributed by atoms with Gasteiger partial charge in [-0.25, -0.2) is 9.07 Å². The Balaban J connectivity index is 1.69. The lowest BCUT2D eigenvalue weighted by Crippen LogP contribution is -2.30. The topological polar surface area (TPSA) is 88.3 Å². The number of carbonyl (C=O) groups excluding carboxylic acids is 1. The van der Waals surface area contributed by atoms with E-state index in [0.29, 0.717) is 18.7 Å². The van der Waals surface area contributed by atoms with Gasteiger partial charge in [0.05, 0.1) is 18.7 Å². The molecule has 1 fully saturated rings. The van der Waals surface area contributed by atoms with E-state index in [1.807, 2.05) is 6.92 Å². The molecule has 1 aliphatic rings. The zero-order valence-corrected chi connectivity index (χ0v) is 13.1. The fraction of sp³-hybridized carbons (Fsp3) is 0.375. The molecule has 1 aromatic heterocycles. The molecular weight excluding hydrogens is 315 g/mol. The van der Waals surface area contributed by atoms with Crippen LogP contribution in [-0.2, 0) is 11.3 Å². The third kappa shape index (κ3) is 3.27. The summed E-state index contributed by atoms with van der Waals surface area (Å²) >= 11 is 0. The van der Waals surface area contributed by atoms with Gasteiger partial charge in [0.25, 0.3) is 5.91 Å². The average molecular weight is 332 g/mol. The molecule has 1 aromatic carbocycles. The Morgan fingerprint density at radius 3 is 2.83 bits per heavy atom. The molecule has 0 saturated carbocycles. The summed E-state index contributed by atoms with van der Waals surface area (Å²) in [5.74, 6) is -2.23. The van der Waals surface area contributed by atoms with Crippen molar-refractivity contribution in [1.82, 2.24) is 19.9 Å². The monoisotopic (exact) mass is 332 g/mol. The molecule has 8 heteroatoms. The van der Waals surface area contributed by atoms with E-state index in [2.05, 4.69) is 10.3 Å². The minimum atomic E-state index is -0.896. The minimum absolute atomic E-state index is 0.103. The molecule has 0 bridgehead atoms. The number of aliphatic carboxylic acids is 1. The van der Waals surface area contributed by atoms with E-state index >= 15 is 0 Å². The number of carboxylic acid groups (broad SMARTS) is 1. The van der Waals surface area contributed by atoms with Crippen LogP contribution < -0.4 is 0 Å². The first kappa shape index (κ1) is 16.1. The fourth-order valence-electron chi connectivity index (χ4n) is 2.91. The maximum Gasteiger partial charge on any atom is 0.308 e. The van der Waals surface area contributed by atoms with Gasteiger partial charge in [-0.05, 0) is 23.6 Å². The molecule has 0 spiro atoms. The van der Waals surface area contributed by atoms with Gasteiger partial charge in [-0.1, -0.05) is 24.3 Å². The van der Waals surface area contributed by atoms with Gasteiger partial charge in [0.15, 0.2) is 5.69 Å². The normalized spacial score (nSPS) is 20.3. The van der Waals surface area contributed by atoms with Gasteiger partial charge in [0.2, 0.25) is 0 Å². The highest BCUT2D eigenvalue weighted by molar-refractivity contribution is 5.92. The predicted molar refractivity (Wildman–Crippen MR) is 81.7 cm³/mol. The van der Waals surface area contributed by atoms with E-state index < -0.39 is 11.9 Å². The van der Waals surface area contributed by atoms with Crippen LogP contribution in [0.15, 0.2) is 30.5 Å². The first-order valence-electron chi connectivity index (χ1n) is 7.60. The summed E-state index contributed by atoms with van der Waals surface area (Å²) in [7, 11) is 0. The van der Waals surface area contributed by atoms with Crippen LogP contribution in [0.3, 0.4) is 0 Å². The zero-order valence-electron chi connectivity index (χ0n) is 13.1. The van der Waals surface area contributed by atoms with Crippen LogP contribution in [0.5, 0.6) is 0 Å². The Hall–Kier alpha value is -2.77. The molecule has 1 aliphatic heterocycles. The molecule has 0 radical (unpaired) electrons. The molecule has 1 saturated heterocycles. The molecule has 24 heavy (non-hydrogen) atoms. The van der Waals surface area contributed by atoms with Crippen molar-refractivity contribution in [3.05, 3.63) is 47.5 Å². The SMILES string of the molecule is C[C@@H]1CN(C(=O)c2cn(Cc3cccc(F)c3)nn2)C[C@H]1C(=O)O. The van der Waals surface area contributed by atoms with E-state index in [4.69, 9.17) is 5.11 Å². The third-order valence-corrected chi connectivity index (χ3v) is 4.21. The van der Waals surface area contributed by atoms with Crippen molar-refractivity contribution in [3.8, 4) is 0 Å². The summed E-state index contributed by atoms with van der Waals surface area (Å²) in [6, 6.07) is 6.10. The molecule has 0 aliphatic carbocycles.